The van der Waals surface area contributed by atoms with Crippen molar-refractivity contribution in [2.75, 3.05) is 11.9 Å². The molecule has 162 valence electrons. The molecule has 0 fully saturated rings. The van der Waals surface area contributed by atoms with Gasteiger partial charge in [0, 0.05) is 17.3 Å². The molecule has 1 atom stereocenters. The SMILES string of the molecule is CCCOc1ccc(C(=O)NC(=S)Nc2ccc(S(=O)(=O)NC(C)CC)cc2)cc1. The lowest BCUT2D eigenvalue weighted by Gasteiger charge is -2.13. The third-order valence-electron chi connectivity index (χ3n) is 4.21. The minimum absolute atomic E-state index is 0.111. The standard InChI is InChI=1S/C21H27N3O4S2/c1-4-14-28-18-10-6-16(7-11-18)20(25)23-21(29)22-17-8-12-19(13-9-17)30(26,27)24-15(3)5-2/h6-13,15,24H,4-5,14H2,1-3H3,(H2,22,23,25,29). The van der Waals surface area contributed by atoms with E-state index in [9.17, 15) is 13.2 Å². The first-order valence-corrected chi connectivity index (χ1v) is 11.6. The molecule has 1 unspecified atom stereocenters. The number of anilines is 1. The van der Waals surface area contributed by atoms with Gasteiger partial charge < -0.3 is 10.1 Å². The number of nitrogens with one attached hydrogen (secondary N) is 3. The van der Waals surface area contributed by atoms with Crippen LogP contribution in [0.1, 0.15) is 44.0 Å². The van der Waals surface area contributed by atoms with Crippen molar-refractivity contribution in [3.63, 3.8) is 0 Å². The van der Waals surface area contributed by atoms with Crippen molar-refractivity contribution in [1.82, 2.24) is 10.0 Å². The summed E-state index contributed by atoms with van der Waals surface area (Å²) >= 11 is 5.18. The molecule has 30 heavy (non-hydrogen) atoms. The third kappa shape index (κ3) is 7.08. The molecular weight excluding hydrogens is 422 g/mol. The summed E-state index contributed by atoms with van der Waals surface area (Å²) in [7, 11) is -3.57. The molecule has 0 radical (unpaired) electrons. The van der Waals surface area contributed by atoms with Gasteiger partial charge in [0.15, 0.2) is 5.11 Å². The average molecular weight is 450 g/mol. The highest BCUT2D eigenvalue weighted by molar-refractivity contribution is 7.89. The first-order chi connectivity index (χ1) is 14.2. The van der Waals surface area contributed by atoms with Crippen LogP contribution in [0.3, 0.4) is 0 Å². The predicted molar refractivity (Wildman–Crippen MR) is 122 cm³/mol. The Labute approximate surface area is 183 Å². The largest absolute Gasteiger partial charge is 0.494 e. The molecule has 7 nitrogen and oxygen atoms in total. The van der Waals surface area contributed by atoms with Crippen LogP contribution in [0.4, 0.5) is 5.69 Å². The second-order valence-corrected chi connectivity index (χ2v) is 8.86. The summed E-state index contributed by atoms with van der Waals surface area (Å²) in [5, 5.41) is 5.58. The van der Waals surface area contributed by atoms with Crippen LogP contribution in [-0.2, 0) is 10.0 Å². The van der Waals surface area contributed by atoms with Crippen LogP contribution in [0.15, 0.2) is 53.4 Å². The van der Waals surface area contributed by atoms with Crippen LogP contribution in [-0.4, -0.2) is 32.1 Å². The molecule has 0 aliphatic rings. The molecular formula is C21H27N3O4S2. The summed E-state index contributed by atoms with van der Waals surface area (Å²) in [5.74, 6) is 0.346. The zero-order valence-electron chi connectivity index (χ0n) is 17.3. The van der Waals surface area contributed by atoms with Gasteiger partial charge in [0.05, 0.1) is 11.5 Å². The molecule has 2 aromatic carbocycles. The Balaban J connectivity index is 1.93. The quantitative estimate of drug-likeness (QED) is 0.506. The maximum absolute atomic E-state index is 12.3. The summed E-state index contributed by atoms with van der Waals surface area (Å²) in [6.45, 7) is 6.35. The number of carbonyl (C=O) groups excluding carboxylic acids is 1. The van der Waals surface area contributed by atoms with E-state index < -0.39 is 10.0 Å². The van der Waals surface area contributed by atoms with E-state index in [0.29, 0.717) is 30.0 Å². The number of sulfonamides is 1. The highest BCUT2D eigenvalue weighted by Gasteiger charge is 2.16. The molecule has 2 rings (SSSR count). The van der Waals surface area contributed by atoms with Gasteiger partial charge in [-0.15, -0.1) is 0 Å². The van der Waals surface area contributed by atoms with Crippen molar-refractivity contribution in [1.29, 1.82) is 0 Å². The highest BCUT2D eigenvalue weighted by atomic mass is 32.2. The van der Waals surface area contributed by atoms with Crippen LogP contribution >= 0.6 is 12.2 Å². The number of hydrogen-bond donors (Lipinski definition) is 3. The van der Waals surface area contributed by atoms with Crippen molar-refractivity contribution in [2.45, 2.75) is 44.6 Å². The van der Waals surface area contributed by atoms with Gasteiger partial charge in [0.25, 0.3) is 5.91 Å². The van der Waals surface area contributed by atoms with Gasteiger partial charge >= 0.3 is 0 Å². The monoisotopic (exact) mass is 449 g/mol. The van der Waals surface area contributed by atoms with Gasteiger partial charge in [-0.3, -0.25) is 10.1 Å². The number of amides is 1. The van der Waals surface area contributed by atoms with Crippen molar-refractivity contribution in [3.05, 3.63) is 54.1 Å². The fourth-order valence-electron chi connectivity index (χ4n) is 2.39. The molecule has 1 amide bonds. The van der Waals surface area contributed by atoms with Crippen molar-refractivity contribution in [2.24, 2.45) is 0 Å². The molecule has 9 heteroatoms. The van der Waals surface area contributed by atoms with Crippen LogP contribution in [0.25, 0.3) is 0 Å². The maximum atomic E-state index is 12.3. The number of carbonyl (C=O) groups is 1. The lowest BCUT2D eigenvalue weighted by Crippen LogP contribution is -2.34. The van der Waals surface area contributed by atoms with Crippen LogP contribution in [0.2, 0.25) is 0 Å². The van der Waals surface area contributed by atoms with Crippen molar-refractivity contribution >= 4 is 38.9 Å². The summed E-state index contributed by atoms with van der Waals surface area (Å²) in [5.41, 5.74) is 1.01. The minimum Gasteiger partial charge on any atom is -0.494 e. The summed E-state index contributed by atoms with van der Waals surface area (Å²) in [4.78, 5) is 12.5. The zero-order valence-corrected chi connectivity index (χ0v) is 18.9. The molecule has 0 spiro atoms. The van der Waals surface area contributed by atoms with E-state index in [1.54, 1.807) is 43.3 Å². The fourth-order valence-corrected chi connectivity index (χ4v) is 3.93. The van der Waals surface area contributed by atoms with Gasteiger partial charge in [-0.1, -0.05) is 13.8 Å². The van der Waals surface area contributed by atoms with E-state index in [-0.39, 0.29) is 22.0 Å². The normalized spacial score (nSPS) is 12.1. The molecule has 0 aliphatic heterocycles. The summed E-state index contributed by atoms with van der Waals surface area (Å²) < 4.78 is 32.7. The maximum Gasteiger partial charge on any atom is 0.257 e. The summed E-state index contributed by atoms with van der Waals surface area (Å²) in [6, 6.07) is 12.8. The van der Waals surface area contributed by atoms with Gasteiger partial charge in [0.2, 0.25) is 10.0 Å². The zero-order chi connectivity index (χ0) is 22.1. The third-order valence-corrected chi connectivity index (χ3v) is 6.02. The molecule has 0 saturated carbocycles. The number of hydrogen-bond acceptors (Lipinski definition) is 5. The van der Waals surface area contributed by atoms with Crippen LogP contribution in [0, 0.1) is 0 Å². The first kappa shape index (κ1) is 23.8. The van der Waals surface area contributed by atoms with Gasteiger partial charge in [0.1, 0.15) is 5.75 Å². The molecule has 3 N–H and O–H groups in total. The number of thiocarbonyl (C=S) groups is 1. The smallest absolute Gasteiger partial charge is 0.257 e. The fraction of sp³-hybridized carbons (Fsp3) is 0.333. The Morgan fingerprint density at radius 1 is 1.07 bits per heavy atom. The Bertz CT molecular complexity index is 959. The molecule has 0 aromatic heterocycles. The molecule has 0 aliphatic carbocycles. The van der Waals surface area contributed by atoms with E-state index in [1.807, 2.05) is 13.8 Å². The van der Waals surface area contributed by atoms with E-state index in [1.165, 1.54) is 12.1 Å². The molecule has 2 aromatic rings. The van der Waals surface area contributed by atoms with E-state index in [4.69, 9.17) is 17.0 Å². The Morgan fingerprint density at radius 3 is 2.27 bits per heavy atom. The number of benzene rings is 2. The second-order valence-electron chi connectivity index (χ2n) is 6.74. The van der Waals surface area contributed by atoms with Gasteiger partial charge in [-0.05, 0) is 80.5 Å². The molecule has 0 saturated heterocycles. The lowest BCUT2D eigenvalue weighted by atomic mass is 10.2. The average Bonchev–Trinajstić information content (AvgIpc) is 2.72. The minimum atomic E-state index is -3.57. The van der Waals surface area contributed by atoms with Crippen LogP contribution in [0.5, 0.6) is 5.75 Å². The Hall–Kier alpha value is -2.49. The lowest BCUT2D eigenvalue weighted by molar-refractivity contribution is 0.0977. The van der Waals surface area contributed by atoms with Crippen LogP contribution < -0.4 is 20.1 Å². The van der Waals surface area contributed by atoms with E-state index in [0.717, 1.165) is 6.42 Å². The Morgan fingerprint density at radius 2 is 1.70 bits per heavy atom. The van der Waals surface area contributed by atoms with Gasteiger partial charge in [-0.2, -0.15) is 0 Å². The van der Waals surface area contributed by atoms with E-state index >= 15 is 0 Å². The van der Waals surface area contributed by atoms with Crippen molar-refractivity contribution in [3.8, 4) is 5.75 Å². The number of rotatable bonds is 9. The Kier molecular flexibility index (Phi) is 8.76. The molecule has 0 bridgehead atoms. The highest BCUT2D eigenvalue weighted by Crippen LogP contribution is 2.15. The summed E-state index contributed by atoms with van der Waals surface area (Å²) in [6.07, 6.45) is 1.60. The van der Waals surface area contributed by atoms with Gasteiger partial charge in [-0.25, -0.2) is 13.1 Å². The predicted octanol–water partition coefficient (Wildman–Crippen LogP) is 3.68. The van der Waals surface area contributed by atoms with E-state index in [2.05, 4.69) is 15.4 Å². The molecule has 0 heterocycles. The topological polar surface area (TPSA) is 96.5 Å². The first-order valence-electron chi connectivity index (χ1n) is 9.72. The second kappa shape index (κ2) is 11.1. The number of ether oxygens (including phenoxy) is 1. The van der Waals surface area contributed by atoms with Crippen molar-refractivity contribution < 1.29 is 17.9 Å².